The molecule has 1 fully saturated rings. The lowest BCUT2D eigenvalue weighted by Gasteiger charge is -2.32. The Kier molecular flexibility index (Phi) is 9.52. The first kappa shape index (κ1) is 26.5. The standard InChI is InChI=1S/C28H38N2O5/c1-18(2)13-14-21-11-8-12-23(30-27(32)25-26(31)24(34-4)15-16-29-25)28(33)35-19(3)22(21)17-20-9-6-5-7-10-20/h5-7,9-10,15-16,18-19,21-23,31H,8,11-14,17H2,1-4H3,(H,30,32)/t19-,21+,22-,23-/m0/s1. The molecule has 7 nitrogen and oxygen atoms in total. The Morgan fingerprint density at radius 3 is 2.66 bits per heavy atom. The van der Waals surface area contributed by atoms with Crippen LogP contribution in [0.15, 0.2) is 42.6 Å². The molecule has 2 N–H and O–H groups in total. The van der Waals surface area contributed by atoms with Gasteiger partial charge in [-0.05, 0) is 50.0 Å². The Labute approximate surface area is 208 Å². The Bertz CT molecular complexity index is 979. The van der Waals surface area contributed by atoms with Gasteiger partial charge in [-0.1, -0.05) is 57.0 Å². The van der Waals surface area contributed by atoms with Gasteiger partial charge in [0.1, 0.15) is 12.1 Å². The third-order valence-corrected chi connectivity index (χ3v) is 6.92. The molecule has 0 saturated carbocycles. The van der Waals surface area contributed by atoms with Gasteiger partial charge >= 0.3 is 5.97 Å². The van der Waals surface area contributed by atoms with Gasteiger partial charge in [0.15, 0.2) is 17.2 Å². The van der Waals surface area contributed by atoms with Crippen molar-refractivity contribution in [3.63, 3.8) is 0 Å². The van der Waals surface area contributed by atoms with Gasteiger partial charge in [-0.25, -0.2) is 9.78 Å². The molecule has 1 amide bonds. The molecule has 1 aliphatic rings. The summed E-state index contributed by atoms with van der Waals surface area (Å²) < 4.78 is 11.0. The van der Waals surface area contributed by atoms with Crippen LogP contribution in [-0.2, 0) is 16.0 Å². The summed E-state index contributed by atoms with van der Waals surface area (Å²) in [5, 5.41) is 13.0. The Hall–Kier alpha value is -3.09. The maximum absolute atomic E-state index is 13.1. The van der Waals surface area contributed by atoms with Crippen molar-refractivity contribution in [1.82, 2.24) is 10.3 Å². The number of hydrogen-bond acceptors (Lipinski definition) is 6. The third kappa shape index (κ3) is 7.20. The average Bonchev–Trinajstić information content (AvgIpc) is 2.88. The molecule has 0 radical (unpaired) electrons. The third-order valence-electron chi connectivity index (χ3n) is 6.92. The molecule has 2 aromatic rings. The summed E-state index contributed by atoms with van der Waals surface area (Å²) in [7, 11) is 1.40. The SMILES string of the molecule is COc1ccnc(C(=O)N[C@H]2CCC[C@H](CCC(C)C)[C@@H](Cc3ccccc3)[C@H](C)OC2=O)c1O. The first-order valence-corrected chi connectivity index (χ1v) is 12.6. The van der Waals surface area contributed by atoms with Crippen molar-refractivity contribution in [3.05, 3.63) is 53.9 Å². The lowest BCUT2D eigenvalue weighted by molar-refractivity contribution is -0.153. The minimum atomic E-state index is -0.807. The zero-order chi connectivity index (χ0) is 25.4. The van der Waals surface area contributed by atoms with E-state index >= 15 is 0 Å². The number of nitrogens with zero attached hydrogens (tertiary/aromatic N) is 1. The number of aromatic hydroxyl groups is 1. The highest BCUT2D eigenvalue weighted by molar-refractivity contribution is 5.97. The van der Waals surface area contributed by atoms with Gasteiger partial charge in [0.05, 0.1) is 7.11 Å². The van der Waals surface area contributed by atoms with E-state index in [-0.39, 0.29) is 29.2 Å². The molecule has 1 aliphatic heterocycles. The number of carbonyl (C=O) groups excluding carboxylic acids is 2. The van der Waals surface area contributed by atoms with Gasteiger partial charge in [-0.2, -0.15) is 0 Å². The summed E-state index contributed by atoms with van der Waals surface area (Å²) in [5.74, 6) is -0.0738. The van der Waals surface area contributed by atoms with E-state index < -0.39 is 17.9 Å². The fourth-order valence-electron chi connectivity index (χ4n) is 4.90. The second-order valence-electron chi connectivity index (χ2n) is 9.89. The van der Waals surface area contributed by atoms with Crippen molar-refractivity contribution in [2.45, 2.75) is 71.4 Å². The van der Waals surface area contributed by atoms with Gasteiger partial charge in [0.2, 0.25) is 0 Å². The molecule has 1 aromatic carbocycles. The molecule has 7 heteroatoms. The Morgan fingerprint density at radius 2 is 1.97 bits per heavy atom. The number of carbonyl (C=O) groups is 2. The lowest BCUT2D eigenvalue weighted by Crippen LogP contribution is -2.43. The van der Waals surface area contributed by atoms with E-state index in [0.29, 0.717) is 18.3 Å². The summed E-state index contributed by atoms with van der Waals surface area (Å²) >= 11 is 0. The number of nitrogens with one attached hydrogen (secondary N) is 1. The second kappa shape index (κ2) is 12.6. The van der Waals surface area contributed by atoms with Crippen molar-refractivity contribution in [3.8, 4) is 11.5 Å². The molecular weight excluding hydrogens is 444 g/mol. The van der Waals surface area contributed by atoms with Crippen molar-refractivity contribution >= 4 is 11.9 Å². The van der Waals surface area contributed by atoms with Gasteiger partial charge in [0, 0.05) is 18.2 Å². The maximum Gasteiger partial charge on any atom is 0.328 e. The molecule has 190 valence electrons. The molecule has 0 unspecified atom stereocenters. The van der Waals surface area contributed by atoms with E-state index in [1.807, 2.05) is 25.1 Å². The van der Waals surface area contributed by atoms with E-state index in [9.17, 15) is 14.7 Å². The first-order valence-electron chi connectivity index (χ1n) is 12.6. The van der Waals surface area contributed by atoms with Crippen molar-refractivity contribution in [2.24, 2.45) is 17.8 Å². The largest absolute Gasteiger partial charge is 0.503 e. The number of aromatic nitrogens is 1. The summed E-state index contributed by atoms with van der Waals surface area (Å²) in [6.07, 6.45) is 6.35. The summed E-state index contributed by atoms with van der Waals surface area (Å²) in [6, 6.07) is 11.0. The normalized spacial score (nSPS) is 23.1. The lowest BCUT2D eigenvalue weighted by atomic mass is 9.77. The summed E-state index contributed by atoms with van der Waals surface area (Å²) in [5.41, 5.74) is 1.06. The van der Waals surface area contributed by atoms with Crippen molar-refractivity contribution in [2.75, 3.05) is 7.11 Å². The molecule has 0 spiro atoms. The highest BCUT2D eigenvalue weighted by atomic mass is 16.5. The van der Waals surface area contributed by atoms with Gasteiger partial charge in [0.25, 0.3) is 5.91 Å². The van der Waals surface area contributed by atoms with Crippen molar-refractivity contribution < 1.29 is 24.2 Å². The molecule has 35 heavy (non-hydrogen) atoms. The molecule has 1 aromatic heterocycles. The molecule has 2 heterocycles. The average molecular weight is 483 g/mol. The number of hydrogen-bond donors (Lipinski definition) is 2. The second-order valence-corrected chi connectivity index (χ2v) is 9.89. The van der Waals surface area contributed by atoms with Crippen LogP contribution in [0.25, 0.3) is 0 Å². The number of ether oxygens (including phenoxy) is 2. The number of pyridine rings is 1. The van der Waals surface area contributed by atoms with Gasteiger partial charge in [-0.15, -0.1) is 0 Å². The molecule has 3 rings (SSSR count). The van der Waals surface area contributed by atoms with E-state index in [1.165, 1.54) is 24.9 Å². The monoisotopic (exact) mass is 482 g/mol. The van der Waals surface area contributed by atoms with Crippen LogP contribution in [0.3, 0.4) is 0 Å². The van der Waals surface area contributed by atoms with Gasteiger partial charge in [-0.3, -0.25) is 4.79 Å². The number of methoxy groups -OCH3 is 1. The van der Waals surface area contributed by atoms with E-state index in [4.69, 9.17) is 9.47 Å². The van der Waals surface area contributed by atoms with E-state index in [0.717, 1.165) is 32.1 Å². The van der Waals surface area contributed by atoms with Crippen LogP contribution in [0.1, 0.15) is 68.9 Å². The van der Waals surface area contributed by atoms with Crippen LogP contribution in [0.2, 0.25) is 0 Å². The zero-order valence-corrected chi connectivity index (χ0v) is 21.2. The smallest absolute Gasteiger partial charge is 0.328 e. The first-order chi connectivity index (χ1) is 16.8. The number of esters is 1. The molecular formula is C28H38N2O5. The molecule has 0 bridgehead atoms. The highest BCUT2D eigenvalue weighted by Crippen LogP contribution is 2.34. The van der Waals surface area contributed by atoms with E-state index in [1.54, 1.807) is 0 Å². The highest BCUT2D eigenvalue weighted by Gasteiger charge is 2.34. The minimum absolute atomic E-state index is 0.146. The zero-order valence-electron chi connectivity index (χ0n) is 21.2. The molecule has 4 atom stereocenters. The van der Waals surface area contributed by atoms with Crippen LogP contribution in [0.5, 0.6) is 11.5 Å². The van der Waals surface area contributed by atoms with Crippen molar-refractivity contribution in [1.29, 1.82) is 0 Å². The quantitative estimate of drug-likeness (QED) is 0.518. The number of amides is 1. The summed E-state index contributed by atoms with van der Waals surface area (Å²) in [4.78, 5) is 30.0. The predicted molar refractivity (Wildman–Crippen MR) is 134 cm³/mol. The number of benzene rings is 1. The number of rotatable bonds is 8. The summed E-state index contributed by atoms with van der Waals surface area (Å²) in [6.45, 7) is 6.43. The Balaban J connectivity index is 1.78. The topological polar surface area (TPSA) is 97.8 Å². The molecule has 1 saturated heterocycles. The Morgan fingerprint density at radius 1 is 1.23 bits per heavy atom. The number of cyclic esters (lactones) is 1. The van der Waals surface area contributed by atoms with Crippen LogP contribution in [-0.4, -0.2) is 41.2 Å². The predicted octanol–water partition coefficient (Wildman–Crippen LogP) is 4.92. The van der Waals surface area contributed by atoms with Crippen LogP contribution < -0.4 is 10.1 Å². The maximum atomic E-state index is 13.1. The minimum Gasteiger partial charge on any atom is -0.503 e. The van der Waals surface area contributed by atoms with Crippen LogP contribution in [0.4, 0.5) is 0 Å². The van der Waals surface area contributed by atoms with E-state index in [2.05, 4.69) is 36.3 Å². The van der Waals surface area contributed by atoms with Gasteiger partial charge < -0.3 is 19.9 Å². The fourth-order valence-corrected chi connectivity index (χ4v) is 4.90. The fraction of sp³-hybridized carbons (Fsp3) is 0.536. The molecule has 0 aliphatic carbocycles. The van der Waals surface area contributed by atoms with Crippen LogP contribution >= 0.6 is 0 Å². The van der Waals surface area contributed by atoms with Crippen LogP contribution in [0, 0.1) is 17.8 Å².